The molecule has 2 fully saturated rings. The average molecular weight is 601 g/mol. The Morgan fingerprint density at radius 2 is 1.75 bits per heavy atom. The molecule has 1 N–H and O–H groups in total. The summed E-state index contributed by atoms with van der Waals surface area (Å²) in [7, 11) is 1.62. The highest BCUT2D eigenvalue weighted by atomic mass is 16.5. The molecule has 0 atom stereocenters. The number of fused-ring (bicyclic) bond motifs is 1. The Labute approximate surface area is 255 Å². The predicted octanol–water partition coefficient (Wildman–Crippen LogP) is 4.02. The Hall–Kier alpha value is -4.52. The standard InChI is InChI=1S/C32H36N6O6/c1-40-28-20-24-26(21-29(28)43-15-3-10-37-11-16-41-17-12-37)33-9-8-27(24)44-23-6-7-30(34-22-23)36-32(39)25-4-2-5-31(35-25)38-13-18-42-19-14-38/h2,4-9,20-22H,3,10-19H2,1H3,(H,34,36,39). The first-order valence-corrected chi connectivity index (χ1v) is 14.8. The van der Waals surface area contributed by atoms with E-state index < -0.39 is 0 Å². The molecule has 0 saturated carbocycles. The van der Waals surface area contributed by atoms with Crippen LogP contribution >= 0.6 is 0 Å². The molecule has 1 amide bonds. The summed E-state index contributed by atoms with van der Waals surface area (Å²) < 4.78 is 28.7. The average Bonchev–Trinajstić information content (AvgIpc) is 3.08. The van der Waals surface area contributed by atoms with Gasteiger partial charge in [-0.25, -0.2) is 9.97 Å². The van der Waals surface area contributed by atoms with Crippen LogP contribution in [0.1, 0.15) is 16.9 Å². The number of pyridine rings is 3. The summed E-state index contributed by atoms with van der Waals surface area (Å²) in [6, 6.07) is 14.4. The second-order valence-corrected chi connectivity index (χ2v) is 10.4. The van der Waals surface area contributed by atoms with Crippen molar-refractivity contribution in [1.29, 1.82) is 0 Å². The lowest BCUT2D eigenvalue weighted by Gasteiger charge is -2.27. The number of hydrogen-bond acceptors (Lipinski definition) is 11. The van der Waals surface area contributed by atoms with Crippen molar-refractivity contribution in [3.63, 3.8) is 0 Å². The molecule has 0 bridgehead atoms. The number of rotatable bonds is 11. The minimum atomic E-state index is -0.340. The molecule has 2 aliphatic heterocycles. The maximum atomic E-state index is 12.9. The monoisotopic (exact) mass is 600 g/mol. The van der Waals surface area contributed by atoms with Crippen LogP contribution in [-0.2, 0) is 9.47 Å². The molecule has 1 aromatic carbocycles. The number of methoxy groups -OCH3 is 1. The van der Waals surface area contributed by atoms with Crippen LogP contribution in [0.15, 0.2) is 60.9 Å². The van der Waals surface area contributed by atoms with Crippen LogP contribution in [0.5, 0.6) is 23.0 Å². The topological polar surface area (TPSA) is 120 Å². The molecule has 0 aliphatic carbocycles. The van der Waals surface area contributed by atoms with Crippen molar-refractivity contribution in [2.75, 3.05) is 83.1 Å². The van der Waals surface area contributed by atoms with Crippen molar-refractivity contribution in [2.24, 2.45) is 0 Å². The van der Waals surface area contributed by atoms with Gasteiger partial charge in [0.1, 0.15) is 28.8 Å². The molecule has 230 valence electrons. The molecule has 0 spiro atoms. The summed E-state index contributed by atoms with van der Waals surface area (Å²) in [4.78, 5) is 30.8. The molecule has 2 saturated heterocycles. The van der Waals surface area contributed by atoms with E-state index in [1.807, 2.05) is 24.3 Å². The lowest BCUT2D eigenvalue weighted by Crippen LogP contribution is -2.37. The van der Waals surface area contributed by atoms with E-state index in [2.05, 4.69) is 30.1 Å². The minimum absolute atomic E-state index is 0.314. The van der Waals surface area contributed by atoms with E-state index in [0.717, 1.165) is 69.1 Å². The number of benzene rings is 1. The van der Waals surface area contributed by atoms with E-state index in [-0.39, 0.29) is 5.91 Å². The molecule has 4 aromatic rings. The first-order chi connectivity index (χ1) is 21.7. The second kappa shape index (κ2) is 14.3. The molecular formula is C32H36N6O6. The molecule has 5 heterocycles. The Morgan fingerprint density at radius 3 is 2.52 bits per heavy atom. The van der Waals surface area contributed by atoms with Crippen LogP contribution in [-0.4, -0.2) is 98.6 Å². The molecule has 2 aliphatic rings. The Morgan fingerprint density at radius 1 is 0.932 bits per heavy atom. The number of amides is 1. The highest BCUT2D eigenvalue weighted by Crippen LogP contribution is 2.37. The van der Waals surface area contributed by atoms with Crippen LogP contribution in [0.4, 0.5) is 11.6 Å². The number of nitrogens with one attached hydrogen (secondary N) is 1. The highest BCUT2D eigenvalue weighted by Gasteiger charge is 2.17. The largest absolute Gasteiger partial charge is 0.493 e. The molecule has 12 nitrogen and oxygen atoms in total. The number of anilines is 2. The summed E-state index contributed by atoms with van der Waals surface area (Å²) in [6.45, 7) is 7.79. The maximum absolute atomic E-state index is 12.9. The Bertz CT molecular complexity index is 1560. The van der Waals surface area contributed by atoms with Crippen LogP contribution in [0.3, 0.4) is 0 Å². The fourth-order valence-electron chi connectivity index (χ4n) is 5.13. The Kier molecular flexibility index (Phi) is 9.60. The number of hydrogen-bond donors (Lipinski definition) is 1. The molecular weight excluding hydrogens is 564 g/mol. The number of morpholine rings is 2. The van der Waals surface area contributed by atoms with Crippen molar-refractivity contribution in [3.05, 3.63) is 66.6 Å². The fourth-order valence-corrected chi connectivity index (χ4v) is 5.13. The molecule has 6 rings (SSSR count). The van der Waals surface area contributed by atoms with Crippen molar-refractivity contribution in [2.45, 2.75) is 6.42 Å². The van der Waals surface area contributed by atoms with Crippen LogP contribution in [0.25, 0.3) is 10.9 Å². The molecule has 3 aromatic heterocycles. The van der Waals surface area contributed by atoms with Crippen LogP contribution < -0.4 is 24.4 Å². The second-order valence-electron chi connectivity index (χ2n) is 10.4. The van der Waals surface area contributed by atoms with E-state index in [1.165, 1.54) is 0 Å². The number of carbonyl (C=O) groups excluding carboxylic acids is 1. The van der Waals surface area contributed by atoms with E-state index >= 15 is 0 Å². The summed E-state index contributed by atoms with van der Waals surface area (Å²) in [5, 5.41) is 3.58. The van der Waals surface area contributed by atoms with Crippen molar-refractivity contribution >= 4 is 28.4 Å². The predicted molar refractivity (Wildman–Crippen MR) is 165 cm³/mol. The number of carbonyl (C=O) groups is 1. The van der Waals surface area contributed by atoms with Gasteiger partial charge in [-0.3, -0.25) is 14.7 Å². The van der Waals surface area contributed by atoms with Gasteiger partial charge >= 0.3 is 0 Å². The third kappa shape index (κ3) is 7.33. The minimum Gasteiger partial charge on any atom is -0.493 e. The van der Waals surface area contributed by atoms with Gasteiger partial charge < -0.3 is 33.9 Å². The van der Waals surface area contributed by atoms with E-state index in [9.17, 15) is 4.79 Å². The van der Waals surface area contributed by atoms with Gasteiger partial charge in [-0.2, -0.15) is 0 Å². The fraction of sp³-hybridized carbons (Fsp3) is 0.375. The molecule has 0 radical (unpaired) electrons. The van der Waals surface area contributed by atoms with Gasteiger partial charge in [-0.15, -0.1) is 0 Å². The van der Waals surface area contributed by atoms with Gasteiger partial charge in [0.25, 0.3) is 5.91 Å². The van der Waals surface area contributed by atoms with Crippen LogP contribution in [0.2, 0.25) is 0 Å². The van der Waals surface area contributed by atoms with Gasteiger partial charge in [-0.05, 0) is 42.8 Å². The van der Waals surface area contributed by atoms with Gasteiger partial charge in [0.2, 0.25) is 0 Å². The summed E-state index contributed by atoms with van der Waals surface area (Å²) in [5.74, 6) is 3.13. The van der Waals surface area contributed by atoms with E-state index in [0.29, 0.717) is 54.3 Å². The summed E-state index contributed by atoms with van der Waals surface area (Å²) >= 11 is 0. The first kappa shape index (κ1) is 29.5. The molecule has 0 unspecified atom stereocenters. The van der Waals surface area contributed by atoms with Crippen molar-refractivity contribution in [3.8, 4) is 23.0 Å². The number of aromatic nitrogens is 3. The first-order valence-electron chi connectivity index (χ1n) is 14.8. The van der Waals surface area contributed by atoms with Crippen molar-refractivity contribution in [1.82, 2.24) is 19.9 Å². The van der Waals surface area contributed by atoms with Gasteiger partial charge in [0.05, 0.1) is 51.9 Å². The summed E-state index contributed by atoms with van der Waals surface area (Å²) in [6.07, 6.45) is 4.15. The van der Waals surface area contributed by atoms with E-state index in [4.69, 9.17) is 23.7 Å². The third-order valence-corrected chi connectivity index (χ3v) is 7.47. The van der Waals surface area contributed by atoms with Gasteiger partial charge in [-0.1, -0.05) is 6.07 Å². The normalized spacial score (nSPS) is 15.6. The third-order valence-electron chi connectivity index (χ3n) is 7.47. The van der Waals surface area contributed by atoms with E-state index in [1.54, 1.807) is 43.8 Å². The molecule has 44 heavy (non-hydrogen) atoms. The SMILES string of the molecule is COc1cc2c(Oc3ccc(NC(=O)c4cccc(N5CCOCC5)n4)nc3)ccnc2cc1OCCCN1CCOCC1. The summed E-state index contributed by atoms with van der Waals surface area (Å²) in [5.41, 5.74) is 1.03. The zero-order valence-electron chi connectivity index (χ0n) is 24.7. The molecule has 12 heteroatoms. The van der Waals surface area contributed by atoms with Crippen molar-refractivity contribution < 1.29 is 28.5 Å². The lowest BCUT2D eigenvalue weighted by molar-refractivity contribution is 0.0357. The lowest BCUT2D eigenvalue weighted by atomic mass is 10.2. The van der Waals surface area contributed by atoms with Crippen LogP contribution in [0, 0.1) is 0 Å². The number of ether oxygens (including phenoxy) is 5. The zero-order chi connectivity index (χ0) is 30.1. The van der Waals surface area contributed by atoms with Gasteiger partial charge in [0, 0.05) is 50.4 Å². The smallest absolute Gasteiger partial charge is 0.275 e. The quantitative estimate of drug-likeness (QED) is 0.251. The maximum Gasteiger partial charge on any atom is 0.275 e. The highest BCUT2D eigenvalue weighted by molar-refractivity contribution is 6.02. The zero-order valence-corrected chi connectivity index (χ0v) is 24.7. The van der Waals surface area contributed by atoms with Gasteiger partial charge in [0.15, 0.2) is 11.5 Å². The Balaban J connectivity index is 1.08. The number of nitrogens with zero attached hydrogens (tertiary/aromatic N) is 5.